The van der Waals surface area contributed by atoms with Crippen LogP contribution < -0.4 is 9.47 Å². The largest absolute Gasteiger partial charge is 0.457 e. The molecule has 8 nitrogen and oxygen atoms in total. The predicted molar refractivity (Wildman–Crippen MR) is 118 cm³/mol. The van der Waals surface area contributed by atoms with E-state index in [4.69, 9.17) is 9.47 Å². The van der Waals surface area contributed by atoms with Gasteiger partial charge in [0.1, 0.15) is 23.0 Å². The quantitative estimate of drug-likeness (QED) is 0.238. The molecule has 0 aliphatic carbocycles. The van der Waals surface area contributed by atoms with Gasteiger partial charge in [0.2, 0.25) is 0 Å². The van der Waals surface area contributed by atoms with E-state index < -0.39 is 9.85 Å². The van der Waals surface area contributed by atoms with Crippen LogP contribution in [0.25, 0.3) is 11.1 Å². The summed E-state index contributed by atoms with van der Waals surface area (Å²) in [5.74, 6) is 1.88. The van der Waals surface area contributed by atoms with Gasteiger partial charge in [-0.15, -0.1) is 0 Å². The molecule has 4 rings (SSSR count). The van der Waals surface area contributed by atoms with Crippen LogP contribution in [0.15, 0.2) is 97.1 Å². The monoisotopic (exact) mass is 428 g/mol. The Balaban J connectivity index is 1.44. The lowest BCUT2D eigenvalue weighted by Crippen LogP contribution is -1.90. The molecule has 0 N–H and O–H groups in total. The van der Waals surface area contributed by atoms with Crippen LogP contribution in [-0.2, 0) is 0 Å². The molecule has 0 bridgehead atoms. The Bertz CT molecular complexity index is 1170. The fourth-order valence-corrected chi connectivity index (χ4v) is 3.02. The summed E-state index contributed by atoms with van der Waals surface area (Å²) in [6.45, 7) is 0. The maximum Gasteiger partial charge on any atom is 0.273 e. The molecule has 0 amide bonds. The van der Waals surface area contributed by atoms with Gasteiger partial charge in [-0.05, 0) is 47.5 Å². The summed E-state index contributed by atoms with van der Waals surface area (Å²) in [6, 6.07) is 26.6. The van der Waals surface area contributed by atoms with E-state index in [-0.39, 0.29) is 11.4 Å². The number of nitro benzene ring substituents is 2. The molecular weight excluding hydrogens is 412 g/mol. The third kappa shape index (κ3) is 4.88. The molecular formula is C24H16N2O6. The molecule has 0 fully saturated rings. The van der Waals surface area contributed by atoms with Gasteiger partial charge in [-0.25, -0.2) is 0 Å². The number of hydrogen-bond acceptors (Lipinski definition) is 6. The average molecular weight is 428 g/mol. The smallest absolute Gasteiger partial charge is 0.273 e. The van der Waals surface area contributed by atoms with E-state index in [2.05, 4.69) is 0 Å². The first-order valence-electron chi connectivity index (χ1n) is 9.53. The summed E-state index contributed by atoms with van der Waals surface area (Å²) in [5, 5.41) is 21.8. The molecule has 32 heavy (non-hydrogen) atoms. The van der Waals surface area contributed by atoms with Crippen molar-refractivity contribution in [2.75, 3.05) is 0 Å². The van der Waals surface area contributed by atoms with Crippen molar-refractivity contribution >= 4 is 11.4 Å². The van der Waals surface area contributed by atoms with E-state index in [1.165, 1.54) is 24.3 Å². The van der Waals surface area contributed by atoms with Crippen molar-refractivity contribution < 1.29 is 19.3 Å². The van der Waals surface area contributed by atoms with Gasteiger partial charge in [-0.2, -0.15) is 0 Å². The SMILES string of the molecule is O=[N+]([O-])c1cccc(Oc2ccc(-c3ccc(Oc4cccc([N+](=O)[O-])c4)cc3)cc2)c1. The highest BCUT2D eigenvalue weighted by molar-refractivity contribution is 5.65. The van der Waals surface area contributed by atoms with Crippen molar-refractivity contribution in [3.05, 3.63) is 117 Å². The van der Waals surface area contributed by atoms with Gasteiger partial charge in [0.25, 0.3) is 11.4 Å². The first-order chi connectivity index (χ1) is 15.5. The van der Waals surface area contributed by atoms with Gasteiger partial charge in [0, 0.05) is 12.1 Å². The molecule has 0 aliphatic rings. The van der Waals surface area contributed by atoms with Crippen LogP contribution in [0, 0.1) is 20.2 Å². The van der Waals surface area contributed by atoms with Crippen LogP contribution in [-0.4, -0.2) is 9.85 Å². The number of benzene rings is 4. The highest BCUT2D eigenvalue weighted by atomic mass is 16.6. The van der Waals surface area contributed by atoms with Crippen LogP contribution >= 0.6 is 0 Å². The molecule has 4 aromatic rings. The number of nitrogens with zero attached hydrogens (tertiary/aromatic N) is 2. The zero-order valence-corrected chi connectivity index (χ0v) is 16.6. The van der Waals surface area contributed by atoms with Gasteiger partial charge in [-0.1, -0.05) is 36.4 Å². The standard InChI is InChI=1S/C24H16N2O6/c27-25(28)19-3-1-5-23(15-19)31-21-11-7-17(8-12-21)18-9-13-22(14-10-18)32-24-6-2-4-20(16-24)26(29)30/h1-16H. The third-order valence-corrected chi connectivity index (χ3v) is 4.57. The number of non-ortho nitro benzene ring substituents is 2. The molecule has 4 aromatic carbocycles. The topological polar surface area (TPSA) is 105 Å². The van der Waals surface area contributed by atoms with E-state index in [1.807, 2.05) is 24.3 Å². The van der Waals surface area contributed by atoms with E-state index in [0.717, 1.165) is 11.1 Å². The maximum absolute atomic E-state index is 10.9. The summed E-state index contributed by atoms with van der Waals surface area (Å²) in [7, 11) is 0. The van der Waals surface area contributed by atoms with Crippen LogP contribution in [0.3, 0.4) is 0 Å². The second-order valence-corrected chi connectivity index (χ2v) is 6.76. The van der Waals surface area contributed by atoms with Crippen molar-refractivity contribution in [2.24, 2.45) is 0 Å². The van der Waals surface area contributed by atoms with Gasteiger partial charge in [-0.3, -0.25) is 20.2 Å². The van der Waals surface area contributed by atoms with E-state index in [1.54, 1.807) is 48.5 Å². The van der Waals surface area contributed by atoms with Gasteiger partial charge in [0.15, 0.2) is 0 Å². The van der Waals surface area contributed by atoms with Crippen molar-refractivity contribution in [3.63, 3.8) is 0 Å². The number of ether oxygens (including phenoxy) is 2. The highest BCUT2D eigenvalue weighted by Crippen LogP contribution is 2.30. The molecule has 8 heteroatoms. The fourth-order valence-electron chi connectivity index (χ4n) is 3.02. The summed E-state index contributed by atoms with van der Waals surface area (Å²) in [5.41, 5.74) is 1.81. The van der Waals surface area contributed by atoms with Crippen molar-refractivity contribution in [1.82, 2.24) is 0 Å². The van der Waals surface area contributed by atoms with Crippen LogP contribution in [0.2, 0.25) is 0 Å². The Kier molecular flexibility index (Phi) is 5.76. The van der Waals surface area contributed by atoms with Gasteiger partial charge < -0.3 is 9.47 Å². The second kappa shape index (κ2) is 8.97. The molecule has 0 heterocycles. The molecule has 0 unspecified atom stereocenters. The Morgan fingerprint density at radius 1 is 0.500 bits per heavy atom. The Morgan fingerprint density at radius 3 is 1.22 bits per heavy atom. The second-order valence-electron chi connectivity index (χ2n) is 6.76. The average Bonchev–Trinajstić information content (AvgIpc) is 2.80. The minimum Gasteiger partial charge on any atom is -0.457 e. The number of nitro groups is 2. The number of rotatable bonds is 7. The Hall–Kier alpha value is -4.72. The molecule has 0 spiro atoms. The van der Waals surface area contributed by atoms with E-state index in [9.17, 15) is 20.2 Å². The lowest BCUT2D eigenvalue weighted by atomic mass is 10.1. The summed E-state index contributed by atoms with van der Waals surface area (Å²) >= 11 is 0. The zero-order valence-electron chi connectivity index (χ0n) is 16.6. The van der Waals surface area contributed by atoms with Crippen LogP contribution in [0.4, 0.5) is 11.4 Å². The molecule has 0 aliphatic heterocycles. The molecule has 0 saturated heterocycles. The summed E-state index contributed by atoms with van der Waals surface area (Å²) in [4.78, 5) is 20.8. The normalized spacial score (nSPS) is 10.4. The maximum atomic E-state index is 10.9. The molecule has 0 atom stereocenters. The van der Waals surface area contributed by atoms with Crippen molar-refractivity contribution in [3.8, 4) is 34.1 Å². The molecule has 0 radical (unpaired) electrons. The molecule has 0 saturated carbocycles. The van der Waals surface area contributed by atoms with E-state index >= 15 is 0 Å². The fraction of sp³-hybridized carbons (Fsp3) is 0. The van der Waals surface area contributed by atoms with E-state index in [0.29, 0.717) is 23.0 Å². The van der Waals surface area contributed by atoms with Gasteiger partial charge >= 0.3 is 0 Å². The van der Waals surface area contributed by atoms with Crippen LogP contribution in [0.1, 0.15) is 0 Å². The predicted octanol–water partition coefficient (Wildman–Crippen LogP) is 6.75. The summed E-state index contributed by atoms with van der Waals surface area (Å²) < 4.78 is 11.4. The van der Waals surface area contributed by atoms with Crippen LogP contribution in [0.5, 0.6) is 23.0 Å². The lowest BCUT2D eigenvalue weighted by Gasteiger charge is -2.09. The molecule has 158 valence electrons. The first-order valence-corrected chi connectivity index (χ1v) is 9.53. The Labute approximate surface area is 182 Å². The Morgan fingerprint density at radius 2 is 0.875 bits per heavy atom. The molecule has 0 aromatic heterocycles. The third-order valence-electron chi connectivity index (χ3n) is 4.57. The van der Waals surface area contributed by atoms with Crippen molar-refractivity contribution in [1.29, 1.82) is 0 Å². The summed E-state index contributed by atoms with van der Waals surface area (Å²) in [6.07, 6.45) is 0. The van der Waals surface area contributed by atoms with Crippen molar-refractivity contribution in [2.45, 2.75) is 0 Å². The first kappa shape index (κ1) is 20.5. The lowest BCUT2D eigenvalue weighted by molar-refractivity contribution is -0.385. The number of hydrogen-bond donors (Lipinski definition) is 0. The minimum atomic E-state index is -0.470. The highest BCUT2D eigenvalue weighted by Gasteiger charge is 2.09. The minimum absolute atomic E-state index is 0.0356. The van der Waals surface area contributed by atoms with Gasteiger partial charge in [0.05, 0.1) is 22.0 Å². The zero-order chi connectivity index (χ0) is 22.5.